The zero-order chi connectivity index (χ0) is 13.8. The van der Waals surface area contributed by atoms with Gasteiger partial charge in [0.2, 0.25) is 5.88 Å². The highest BCUT2D eigenvalue weighted by Crippen LogP contribution is 2.21. The molecule has 0 aliphatic rings. The van der Waals surface area contributed by atoms with Crippen LogP contribution in [0.25, 0.3) is 10.9 Å². The summed E-state index contributed by atoms with van der Waals surface area (Å²) < 4.78 is 5.64. The molecule has 0 spiro atoms. The second-order valence-electron chi connectivity index (χ2n) is 4.60. The lowest BCUT2D eigenvalue weighted by molar-refractivity contribution is 0.254. The summed E-state index contributed by atoms with van der Waals surface area (Å²) in [4.78, 5) is 6.45. The number of ether oxygens (including phenoxy) is 1. The maximum Gasteiger partial charge on any atom is 0.225 e. The maximum absolute atomic E-state index is 7.62. The number of hydrogen-bond acceptors (Lipinski definition) is 4. The first-order valence-corrected chi connectivity index (χ1v) is 6.09. The average Bonchev–Trinajstić information content (AvgIpc) is 2.37. The number of nitrogens with zero attached hydrogens (tertiary/aromatic N) is 2. The lowest BCUT2D eigenvalue weighted by Gasteiger charge is -2.13. The van der Waals surface area contributed by atoms with Crippen LogP contribution in [-0.2, 0) is 0 Å². The quantitative estimate of drug-likeness (QED) is 0.629. The smallest absolute Gasteiger partial charge is 0.225 e. The average molecular weight is 258 g/mol. The second-order valence-corrected chi connectivity index (χ2v) is 4.60. The Kier molecular flexibility index (Phi) is 3.97. The third kappa shape index (κ3) is 3.20. The molecule has 0 fully saturated rings. The van der Waals surface area contributed by atoms with E-state index in [1.54, 1.807) is 0 Å². The third-order valence-corrected chi connectivity index (χ3v) is 2.76. The number of aromatic nitrogens is 1. The van der Waals surface area contributed by atoms with E-state index in [-0.39, 0.29) is 5.84 Å². The van der Waals surface area contributed by atoms with E-state index in [1.165, 1.54) is 0 Å². The molecule has 1 heterocycles. The van der Waals surface area contributed by atoms with Gasteiger partial charge >= 0.3 is 0 Å². The number of fused-ring (bicyclic) bond motifs is 1. The number of para-hydroxylation sites is 1. The fourth-order valence-electron chi connectivity index (χ4n) is 1.73. The Labute approximate surface area is 112 Å². The molecule has 5 nitrogen and oxygen atoms in total. The van der Waals surface area contributed by atoms with Gasteiger partial charge in [-0.1, -0.05) is 18.2 Å². The molecule has 0 atom stereocenters. The standard InChI is InChI=1S/C14H18N4O/c1-18(2)7-8-19-14-11(13(15)16)9-10-5-3-4-6-12(10)17-14/h3-6,9H,7-8H2,1-2H3,(H3,15,16). The zero-order valence-electron chi connectivity index (χ0n) is 11.2. The van der Waals surface area contributed by atoms with Gasteiger partial charge in [0.1, 0.15) is 12.4 Å². The third-order valence-electron chi connectivity index (χ3n) is 2.76. The normalized spacial score (nSPS) is 10.9. The predicted molar refractivity (Wildman–Crippen MR) is 76.8 cm³/mol. The van der Waals surface area contributed by atoms with Crippen molar-refractivity contribution in [1.82, 2.24) is 9.88 Å². The van der Waals surface area contributed by atoms with Crippen LogP contribution in [0.1, 0.15) is 5.56 Å². The number of amidine groups is 1. The van der Waals surface area contributed by atoms with Gasteiger partial charge in [0.05, 0.1) is 11.1 Å². The molecule has 0 aliphatic carbocycles. The number of hydrogen-bond donors (Lipinski definition) is 2. The number of benzene rings is 1. The number of nitrogens with one attached hydrogen (secondary N) is 1. The van der Waals surface area contributed by atoms with Gasteiger partial charge in [0.15, 0.2) is 0 Å². The van der Waals surface area contributed by atoms with E-state index in [1.807, 2.05) is 49.3 Å². The van der Waals surface area contributed by atoms with Gasteiger partial charge in [0.25, 0.3) is 0 Å². The van der Waals surface area contributed by atoms with Gasteiger partial charge in [-0.15, -0.1) is 0 Å². The lowest BCUT2D eigenvalue weighted by atomic mass is 10.1. The number of pyridine rings is 1. The minimum atomic E-state index is -0.0295. The first-order chi connectivity index (χ1) is 9.08. The number of nitrogens with two attached hydrogens (primary N) is 1. The van der Waals surface area contributed by atoms with E-state index >= 15 is 0 Å². The Morgan fingerprint density at radius 2 is 2.11 bits per heavy atom. The van der Waals surface area contributed by atoms with E-state index < -0.39 is 0 Å². The lowest BCUT2D eigenvalue weighted by Crippen LogP contribution is -2.21. The van der Waals surface area contributed by atoms with Crippen LogP contribution in [0.2, 0.25) is 0 Å². The van der Waals surface area contributed by atoms with E-state index in [9.17, 15) is 0 Å². The Hall–Kier alpha value is -2.14. The van der Waals surface area contributed by atoms with Crippen molar-refractivity contribution in [3.8, 4) is 5.88 Å². The summed E-state index contributed by atoms with van der Waals surface area (Å²) in [5.74, 6) is 0.395. The molecule has 0 aliphatic heterocycles. The Morgan fingerprint density at radius 3 is 2.79 bits per heavy atom. The van der Waals surface area contributed by atoms with Crippen LogP contribution in [0.3, 0.4) is 0 Å². The van der Waals surface area contributed by atoms with Crippen LogP contribution in [0, 0.1) is 5.41 Å². The van der Waals surface area contributed by atoms with Crippen molar-refractivity contribution in [1.29, 1.82) is 5.41 Å². The van der Waals surface area contributed by atoms with Crippen molar-refractivity contribution in [2.75, 3.05) is 27.2 Å². The molecule has 1 aromatic carbocycles. The van der Waals surface area contributed by atoms with E-state index in [4.69, 9.17) is 15.9 Å². The van der Waals surface area contributed by atoms with E-state index in [0.717, 1.165) is 17.4 Å². The van der Waals surface area contributed by atoms with Gasteiger partial charge in [-0.3, -0.25) is 5.41 Å². The van der Waals surface area contributed by atoms with Crippen molar-refractivity contribution in [3.05, 3.63) is 35.9 Å². The monoisotopic (exact) mass is 258 g/mol. The highest BCUT2D eigenvalue weighted by Gasteiger charge is 2.10. The number of likely N-dealkylation sites (N-methyl/N-ethyl adjacent to an activating group) is 1. The Balaban J connectivity index is 2.33. The van der Waals surface area contributed by atoms with Crippen LogP contribution in [0.5, 0.6) is 5.88 Å². The summed E-state index contributed by atoms with van der Waals surface area (Å²) in [5.41, 5.74) is 6.97. The van der Waals surface area contributed by atoms with Gasteiger partial charge < -0.3 is 15.4 Å². The molecular formula is C14H18N4O. The highest BCUT2D eigenvalue weighted by molar-refractivity contribution is 6.00. The molecule has 2 rings (SSSR count). The topological polar surface area (TPSA) is 75.2 Å². The van der Waals surface area contributed by atoms with E-state index in [2.05, 4.69) is 4.98 Å². The molecule has 0 saturated carbocycles. The van der Waals surface area contributed by atoms with Crippen molar-refractivity contribution < 1.29 is 4.74 Å². The van der Waals surface area contributed by atoms with Crippen LogP contribution < -0.4 is 10.5 Å². The van der Waals surface area contributed by atoms with Gasteiger partial charge in [0, 0.05) is 11.9 Å². The van der Waals surface area contributed by atoms with Crippen LogP contribution in [0.4, 0.5) is 0 Å². The van der Waals surface area contributed by atoms with E-state index in [0.29, 0.717) is 18.1 Å². The molecule has 3 N–H and O–H groups in total. The highest BCUT2D eigenvalue weighted by atomic mass is 16.5. The summed E-state index contributed by atoms with van der Waals surface area (Å²) in [6, 6.07) is 9.55. The summed E-state index contributed by atoms with van der Waals surface area (Å²) in [6.07, 6.45) is 0. The largest absolute Gasteiger partial charge is 0.476 e. The van der Waals surface area contributed by atoms with Crippen molar-refractivity contribution in [3.63, 3.8) is 0 Å². The van der Waals surface area contributed by atoms with Gasteiger partial charge in [-0.05, 0) is 26.2 Å². The minimum absolute atomic E-state index is 0.0295. The summed E-state index contributed by atoms with van der Waals surface area (Å²) in [7, 11) is 3.95. The SMILES string of the molecule is CN(C)CCOc1nc2ccccc2cc1C(=N)N. The van der Waals surface area contributed by atoms with Crippen molar-refractivity contribution in [2.45, 2.75) is 0 Å². The molecule has 100 valence electrons. The van der Waals surface area contributed by atoms with Gasteiger partial charge in [-0.2, -0.15) is 0 Å². The maximum atomic E-state index is 7.62. The van der Waals surface area contributed by atoms with Crippen LogP contribution in [0.15, 0.2) is 30.3 Å². The summed E-state index contributed by atoms with van der Waals surface area (Å²) in [5, 5.41) is 8.57. The van der Waals surface area contributed by atoms with Gasteiger partial charge in [-0.25, -0.2) is 4.98 Å². The molecule has 5 heteroatoms. The fraction of sp³-hybridized carbons (Fsp3) is 0.286. The minimum Gasteiger partial charge on any atom is -0.476 e. The second kappa shape index (κ2) is 5.67. The van der Waals surface area contributed by atoms with Crippen molar-refractivity contribution >= 4 is 16.7 Å². The number of nitrogen functional groups attached to an aromatic ring is 1. The molecule has 0 radical (unpaired) electrons. The number of rotatable bonds is 5. The Morgan fingerprint density at radius 1 is 1.37 bits per heavy atom. The first-order valence-electron chi connectivity index (χ1n) is 6.09. The first kappa shape index (κ1) is 13.3. The summed E-state index contributed by atoms with van der Waals surface area (Å²) >= 11 is 0. The molecular weight excluding hydrogens is 240 g/mol. The molecule has 19 heavy (non-hydrogen) atoms. The molecule has 2 aromatic rings. The molecule has 0 saturated heterocycles. The van der Waals surface area contributed by atoms with Crippen molar-refractivity contribution in [2.24, 2.45) is 5.73 Å². The molecule has 0 bridgehead atoms. The predicted octanol–water partition coefficient (Wildman–Crippen LogP) is 1.46. The van der Waals surface area contributed by atoms with Crippen LogP contribution >= 0.6 is 0 Å². The molecule has 0 amide bonds. The van der Waals surface area contributed by atoms with Crippen LogP contribution in [-0.4, -0.2) is 43.0 Å². The zero-order valence-corrected chi connectivity index (χ0v) is 11.2. The fourth-order valence-corrected chi connectivity index (χ4v) is 1.73. The molecule has 0 unspecified atom stereocenters. The molecule has 1 aromatic heterocycles. The Bertz CT molecular complexity index is 595. The summed E-state index contributed by atoms with van der Waals surface area (Å²) in [6.45, 7) is 1.30.